The quantitative estimate of drug-likeness (QED) is 0.893. The molecule has 0 saturated heterocycles. The molecule has 1 amide bonds. The first kappa shape index (κ1) is 17.5. The summed E-state index contributed by atoms with van der Waals surface area (Å²) in [5.41, 5.74) is -3.03. The van der Waals surface area contributed by atoms with E-state index in [2.05, 4.69) is 10.3 Å². The summed E-state index contributed by atoms with van der Waals surface area (Å²) in [6, 6.07) is 7.54. The van der Waals surface area contributed by atoms with Crippen molar-refractivity contribution in [2.75, 3.05) is 5.32 Å². The molecule has 1 atom stereocenters. The Morgan fingerprint density at radius 3 is 2.71 bits per heavy atom. The van der Waals surface area contributed by atoms with Gasteiger partial charge in [-0.2, -0.15) is 18.4 Å². The maximum absolute atomic E-state index is 13.3. The van der Waals surface area contributed by atoms with Crippen LogP contribution in [0.5, 0.6) is 0 Å². The highest BCUT2D eigenvalue weighted by atomic mass is 19.4. The minimum absolute atomic E-state index is 0.156. The molecule has 6 nitrogen and oxygen atoms in total. The second-order valence-corrected chi connectivity index (χ2v) is 5.14. The lowest BCUT2D eigenvalue weighted by atomic mass is 9.97. The number of nitriles is 1. The van der Waals surface area contributed by atoms with Crippen LogP contribution in [0.15, 0.2) is 36.7 Å². The number of aromatic nitrogens is 2. The predicted molar refractivity (Wildman–Crippen MR) is 77.6 cm³/mol. The highest BCUT2D eigenvalue weighted by Crippen LogP contribution is 2.40. The van der Waals surface area contributed by atoms with Crippen molar-refractivity contribution in [1.82, 2.24) is 9.55 Å². The fourth-order valence-corrected chi connectivity index (χ4v) is 2.17. The third-order valence-corrected chi connectivity index (χ3v) is 3.35. The molecule has 0 spiro atoms. The Hall–Kier alpha value is -2.86. The molecule has 1 heterocycles. The largest absolute Gasteiger partial charge is 0.425 e. The van der Waals surface area contributed by atoms with Gasteiger partial charge in [-0.1, -0.05) is 6.07 Å². The SMILES string of the molecule is Cn1ccnc1[C@](O)(CC(=O)Nc1cccc(C#N)c1)C(F)(F)F. The Labute approximate surface area is 135 Å². The number of benzene rings is 1. The number of aliphatic hydroxyl groups is 1. The lowest BCUT2D eigenvalue weighted by Gasteiger charge is -2.29. The van der Waals surface area contributed by atoms with E-state index >= 15 is 0 Å². The van der Waals surface area contributed by atoms with E-state index in [-0.39, 0.29) is 11.3 Å². The number of aryl methyl sites for hydroxylation is 1. The van der Waals surface area contributed by atoms with Gasteiger partial charge in [-0.05, 0) is 18.2 Å². The fourth-order valence-electron chi connectivity index (χ4n) is 2.17. The number of hydrogen-bond acceptors (Lipinski definition) is 4. The number of halogens is 3. The van der Waals surface area contributed by atoms with Crippen molar-refractivity contribution in [3.05, 3.63) is 48.0 Å². The molecule has 2 N–H and O–H groups in total. The Morgan fingerprint density at radius 2 is 2.17 bits per heavy atom. The second-order valence-electron chi connectivity index (χ2n) is 5.14. The molecule has 0 aliphatic rings. The molecule has 1 aromatic heterocycles. The number of nitrogens with zero attached hydrogens (tertiary/aromatic N) is 3. The first-order valence-electron chi connectivity index (χ1n) is 6.74. The minimum Gasteiger partial charge on any atom is -0.374 e. The van der Waals surface area contributed by atoms with Crippen LogP contribution in [0.2, 0.25) is 0 Å². The van der Waals surface area contributed by atoms with Crippen molar-refractivity contribution in [3.63, 3.8) is 0 Å². The third kappa shape index (κ3) is 3.38. The zero-order chi connectivity index (χ0) is 18.0. The number of carbonyl (C=O) groups is 1. The molecule has 24 heavy (non-hydrogen) atoms. The normalized spacial score (nSPS) is 13.8. The van der Waals surface area contributed by atoms with E-state index in [0.717, 1.165) is 10.8 Å². The number of rotatable bonds is 4. The summed E-state index contributed by atoms with van der Waals surface area (Å²) in [7, 11) is 1.29. The standard InChI is InChI=1S/C15H13F3N4O2/c1-22-6-5-20-13(22)14(24,15(16,17)18)8-12(23)21-11-4-2-3-10(7-11)9-19/h2-7,24H,8H2,1H3,(H,21,23)/t14-/m1/s1. The van der Waals surface area contributed by atoms with E-state index in [1.165, 1.54) is 37.5 Å². The number of imidazole rings is 1. The third-order valence-electron chi connectivity index (χ3n) is 3.35. The van der Waals surface area contributed by atoms with Gasteiger partial charge in [0.25, 0.3) is 0 Å². The van der Waals surface area contributed by atoms with E-state index in [9.17, 15) is 23.1 Å². The molecule has 0 radical (unpaired) electrons. The monoisotopic (exact) mass is 338 g/mol. The molecule has 0 aliphatic heterocycles. The van der Waals surface area contributed by atoms with Gasteiger partial charge < -0.3 is 15.0 Å². The van der Waals surface area contributed by atoms with Gasteiger partial charge in [-0.3, -0.25) is 4.79 Å². The van der Waals surface area contributed by atoms with Crippen LogP contribution in [0.1, 0.15) is 17.8 Å². The van der Waals surface area contributed by atoms with Gasteiger partial charge in [-0.15, -0.1) is 0 Å². The van der Waals surface area contributed by atoms with Crippen molar-refractivity contribution in [1.29, 1.82) is 5.26 Å². The number of carbonyl (C=O) groups excluding carboxylic acids is 1. The Morgan fingerprint density at radius 1 is 1.46 bits per heavy atom. The van der Waals surface area contributed by atoms with Gasteiger partial charge in [0.1, 0.15) is 0 Å². The van der Waals surface area contributed by atoms with Crippen molar-refractivity contribution in [2.45, 2.75) is 18.2 Å². The van der Waals surface area contributed by atoms with E-state index in [1.54, 1.807) is 0 Å². The first-order chi connectivity index (χ1) is 11.2. The molecule has 0 bridgehead atoms. The maximum atomic E-state index is 13.3. The summed E-state index contributed by atoms with van der Waals surface area (Å²) in [5, 5.41) is 21.1. The van der Waals surface area contributed by atoms with E-state index in [4.69, 9.17) is 5.26 Å². The number of anilines is 1. The molecular weight excluding hydrogens is 325 g/mol. The smallest absolute Gasteiger partial charge is 0.374 e. The van der Waals surface area contributed by atoms with Crippen LogP contribution >= 0.6 is 0 Å². The van der Waals surface area contributed by atoms with E-state index < -0.39 is 29.9 Å². The Bertz CT molecular complexity index is 795. The fraction of sp³-hybridized carbons (Fsp3) is 0.267. The summed E-state index contributed by atoms with van der Waals surface area (Å²) >= 11 is 0. The van der Waals surface area contributed by atoms with Gasteiger partial charge in [0.2, 0.25) is 11.5 Å². The van der Waals surface area contributed by atoms with Crippen LogP contribution in [0.25, 0.3) is 0 Å². The number of amides is 1. The number of alkyl halides is 3. The van der Waals surface area contributed by atoms with Crippen LogP contribution in [0.3, 0.4) is 0 Å². The molecule has 0 fully saturated rings. The van der Waals surface area contributed by atoms with E-state index in [0.29, 0.717) is 0 Å². The molecule has 1 aromatic carbocycles. The summed E-state index contributed by atoms with van der Waals surface area (Å²) in [6.07, 6.45) is -4.03. The van der Waals surface area contributed by atoms with Gasteiger partial charge >= 0.3 is 6.18 Å². The van der Waals surface area contributed by atoms with Crippen molar-refractivity contribution in [3.8, 4) is 6.07 Å². The molecule has 126 valence electrons. The minimum atomic E-state index is -5.10. The summed E-state index contributed by atoms with van der Waals surface area (Å²) < 4.78 is 41.0. The summed E-state index contributed by atoms with van der Waals surface area (Å²) in [6.45, 7) is 0. The van der Waals surface area contributed by atoms with Crippen LogP contribution in [-0.2, 0) is 17.4 Å². The average Bonchev–Trinajstić information content (AvgIpc) is 2.92. The van der Waals surface area contributed by atoms with Crippen molar-refractivity contribution < 1.29 is 23.1 Å². The first-order valence-corrected chi connectivity index (χ1v) is 6.74. The van der Waals surface area contributed by atoms with Gasteiger partial charge in [0.05, 0.1) is 18.1 Å². The Kier molecular flexibility index (Phi) is 4.61. The predicted octanol–water partition coefficient (Wildman–Crippen LogP) is 2.07. The number of nitrogens with one attached hydrogen (secondary N) is 1. The second kappa shape index (κ2) is 6.33. The molecule has 0 unspecified atom stereocenters. The zero-order valence-corrected chi connectivity index (χ0v) is 12.5. The highest BCUT2D eigenvalue weighted by molar-refractivity contribution is 5.91. The highest BCUT2D eigenvalue weighted by Gasteiger charge is 2.58. The number of hydrogen-bond donors (Lipinski definition) is 2. The Balaban J connectivity index is 2.26. The molecule has 2 aromatic rings. The molecule has 2 rings (SSSR count). The van der Waals surface area contributed by atoms with Gasteiger partial charge in [0.15, 0.2) is 5.82 Å². The molecule has 9 heteroatoms. The topological polar surface area (TPSA) is 90.9 Å². The lowest BCUT2D eigenvalue weighted by Crippen LogP contribution is -2.46. The van der Waals surface area contributed by atoms with Crippen LogP contribution in [0.4, 0.5) is 18.9 Å². The average molecular weight is 338 g/mol. The zero-order valence-electron chi connectivity index (χ0n) is 12.5. The molecule has 0 saturated carbocycles. The van der Waals surface area contributed by atoms with E-state index in [1.807, 2.05) is 6.07 Å². The molecular formula is C15H13F3N4O2. The van der Waals surface area contributed by atoms with Crippen LogP contribution in [-0.4, -0.2) is 26.7 Å². The summed E-state index contributed by atoms with van der Waals surface area (Å²) in [5.74, 6) is -1.75. The van der Waals surface area contributed by atoms with Gasteiger partial charge in [0, 0.05) is 25.1 Å². The molecule has 0 aliphatic carbocycles. The van der Waals surface area contributed by atoms with Crippen molar-refractivity contribution >= 4 is 11.6 Å². The maximum Gasteiger partial charge on any atom is 0.425 e. The lowest BCUT2D eigenvalue weighted by molar-refractivity contribution is -0.270. The van der Waals surface area contributed by atoms with Crippen molar-refractivity contribution in [2.24, 2.45) is 7.05 Å². The van der Waals surface area contributed by atoms with Crippen LogP contribution in [0, 0.1) is 11.3 Å². The summed E-state index contributed by atoms with van der Waals surface area (Å²) in [4.78, 5) is 15.5. The van der Waals surface area contributed by atoms with Gasteiger partial charge in [-0.25, -0.2) is 4.98 Å². The van der Waals surface area contributed by atoms with Crippen LogP contribution < -0.4 is 5.32 Å².